The second kappa shape index (κ2) is 28.9. The molecular weight excluding hydrogens is 904 g/mol. The van der Waals surface area contributed by atoms with Crippen LogP contribution in [0.15, 0.2) is 48.5 Å². The lowest BCUT2D eigenvalue weighted by atomic mass is 10.1. The first kappa shape index (κ1) is 61.9. The van der Waals surface area contributed by atoms with E-state index >= 15 is 0 Å². The molecular formula is C56H112B4O4P4. The maximum atomic E-state index is 7.03. The normalized spacial score (nSPS) is 27.6. The Labute approximate surface area is 429 Å². The summed E-state index contributed by atoms with van der Waals surface area (Å²) >= 11 is 0. The predicted molar refractivity (Wildman–Crippen MR) is 332 cm³/mol. The molecule has 4 rings (SSSR count). The summed E-state index contributed by atoms with van der Waals surface area (Å²) in [4.78, 5) is 0. The van der Waals surface area contributed by atoms with Crippen molar-refractivity contribution < 1.29 is 18.1 Å². The summed E-state index contributed by atoms with van der Waals surface area (Å²) < 4.78 is 28.1. The van der Waals surface area contributed by atoms with E-state index in [4.69, 9.17) is 18.1 Å². The van der Waals surface area contributed by atoms with E-state index in [1.807, 2.05) is 0 Å². The molecule has 0 aromatic heterocycles. The smallest absolute Gasteiger partial charge is 0.170 e. The SMILES string of the molecule is [BH3-][P+]1(C(C)(C)C)CCCCCCCCCCCCCC[P+]([BH3-])(C(C)(C)C)Oc2cccc(c2)O1.[BH3-][P+]1(C(C)(C)C)CCCCCCCCCCCCCC[P+]([BH3-])(C(C)(C)C)Oc2cccc(c2)O1. The third kappa shape index (κ3) is 21.2. The molecule has 0 amide bonds. The lowest BCUT2D eigenvalue weighted by Crippen LogP contribution is -2.27. The number of rotatable bonds is 0. The average Bonchev–Trinajstić information content (AvgIpc) is 3.22. The highest BCUT2D eigenvalue weighted by Gasteiger charge is 2.45. The van der Waals surface area contributed by atoms with Gasteiger partial charge in [-0.05, 0) is 159 Å². The van der Waals surface area contributed by atoms with E-state index in [0.29, 0.717) is 20.6 Å². The molecule has 0 saturated carbocycles. The monoisotopic (exact) mass is 1020 g/mol. The Morgan fingerprint density at radius 2 is 0.426 bits per heavy atom. The molecule has 2 aromatic rings. The first-order chi connectivity index (χ1) is 31.7. The lowest BCUT2D eigenvalue weighted by molar-refractivity contribution is 0.537. The van der Waals surface area contributed by atoms with Crippen LogP contribution in [-0.4, -0.2) is 75.5 Å². The van der Waals surface area contributed by atoms with Gasteiger partial charge in [0.05, 0.1) is 45.3 Å². The van der Waals surface area contributed by atoms with Gasteiger partial charge < -0.3 is 18.1 Å². The van der Waals surface area contributed by atoms with Crippen LogP contribution < -0.4 is 18.1 Å². The third-order valence-electron chi connectivity index (χ3n) is 12.4. The van der Waals surface area contributed by atoms with Crippen LogP contribution in [0.2, 0.25) is 0 Å². The number of benzene rings is 2. The zero-order valence-electron chi connectivity index (χ0n) is 43.8. The van der Waals surface area contributed by atoms with E-state index in [9.17, 15) is 0 Å². The van der Waals surface area contributed by atoms with Crippen LogP contribution >= 0.6 is 29.5 Å². The van der Waals surface area contributed by atoms with Crippen molar-refractivity contribution in [1.82, 2.24) is 0 Å². The molecule has 4 bridgehead atoms. The minimum absolute atomic E-state index is 0.110. The highest BCUT2D eigenvalue weighted by molar-refractivity contribution is 7.96. The highest BCUT2D eigenvalue weighted by Crippen LogP contribution is 2.69. The van der Waals surface area contributed by atoms with Gasteiger partial charge in [-0.3, -0.25) is 0 Å². The molecule has 0 spiro atoms. The Balaban J connectivity index is 0.000000360. The summed E-state index contributed by atoms with van der Waals surface area (Å²) in [6.45, 7) is 29.3. The van der Waals surface area contributed by atoms with Crippen molar-refractivity contribution in [2.45, 2.75) is 258 Å². The van der Waals surface area contributed by atoms with Crippen LogP contribution in [0.5, 0.6) is 23.0 Å². The molecule has 4 unspecified atom stereocenters. The molecule has 0 radical (unpaired) electrons. The first-order valence-electron chi connectivity index (χ1n) is 26.3. The van der Waals surface area contributed by atoms with Crippen molar-refractivity contribution in [3.63, 3.8) is 0 Å². The molecule has 12 heteroatoms. The summed E-state index contributed by atoms with van der Waals surface area (Å²) in [7, 11) is -4.90. The summed E-state index contributed by atoms with van der Waals surface area (Å²) in [5.41, 5.74) is 0. The van der Waals surface area contributed by atoms with E-state index in [1.54, 1.807) is 0 Å². The van der Waals surface area contributed by atoms with E-state index in [2.05, 4.69) is 132 Å². The van der Waals surface area contributed by atoms with Gasteiger partial charge in [0.1, 0.15) is 0 Å². The van der Waals surface area contributed by atoms with Gasteiger partial charge in [0.25, 0.3) is 0 Å². The van der Waals surface area contributed by atoms with Crippen LogP contribution in [-0.2, 0) is 0 Å². The zero-order valence-corrected chi connectivity index (χ0v) is 47.4. The fourth-order valence-electron chi connectivity index (χ4n) is 8.31. The summed E-state index contributed by atoms with van der Waals surface area (Å²) in [6, 6.07) is 17.7. The van der Waals surface area contributed by atoms with Gasteiger partial charge in [-0.1, -0.05) is 115 Å². The van der Waals surface area contributed by atoms with Crippen molar-refractivity contribution in [3.05, 3.63) is 48.5 Å². The van der Waals surface area contributed by atoms with Crippen molar-refractivity contribution in [1.29, 1.82) is 0 Å². The van der Waals surface area contributed by atoms with Gasteiger partial charge in [0.2, 0.25) is 0 Å². The predicted octanol–water partition coefficient (Wildman–Crippen LogP) is 16.3. The Hall–Kier alpha value is -0.380. The van der Waals surface area contributed by atoms with Crippen molar-refractivity contribution in [2.24, 2.45) is 0 Å². The molecule has 4 atom stereocenters. The van der Waals surface area contributed by atoms with E-state index < -0.39 is 29.5 Å². The van der Waals surface area contributed by atoms with Gasteiger partial charge in [-0.2, -0.15) is 0 Å². The molecule has 2 aliphatic heterocycles. The van der Waals surface area contributed by atoms with Gasteiger partial charge >= 0.3 is 0 Å². The Morgan fingerprint density at radius 1 is 0.279 bits per heavy atom. The van der Waals surface area contributed by atoms with Crippen molar-refractivity contribution in [2.75, 3.05) is 24.6 Å². The molecule has 392 valence electrons. The molecule has 68 heavy (non-hydrogen) atoms. The fraction of sp³-hybridized carbons (Fsp3) is 0.786. The molecule has 0 N–H and O–H groups in total. The van der Waals surface area contributed by atoms with Crippen molar-refractivity contribution in [3.8, 4) is 23.0 Å². The second-order valence-electron chi connectivity index (χ2n) is 22.9. The van der Waals surface area contributed by atoms with Gasteiger partial charge in [0, 0.05) is 41.6 Å². The van der Waals surface area contributed by atoms with Crippen LogP contribution in [0.1, 0.15) is 237 Å². The quantitative estimate of drug-likeness (QED) is 0.195. The summed E-state index contributed by atoms with van der Waals surface area (Å²) in [5, 5.41) is 1.18. The molecule has 2 aromatic carbocycles. The minimum Gasteiger partial charge on any atom is -0.397 e. The van der Waals surface area contributed by atoms with Gasteiger partial charge in [-0.25, -0.2) is 0 Å². The maximum Gasteiger partial charge on any atom is 0.170 e. The van der Waals surface area contributed by atoms with Crippen LogP contribution in [0.4, 0.5) is 0 Å². The number of hydrogen-bond donors (Lipinski definition) is 0. The highest BCUT2D eigenvalue weighted by atomic mass is 31.2. The molecule has 0 aliphatic carbocycles. The lowest BCUT2D eigenvalue weighted by Gasteiger charge is -2.41. The molecule has 2 heterocycles. The molecule has 4 nitrogen and oxygen atoms in total. The Bertz CT molecular complexity index is 1470. The number of hydrogen-bond acceptors (Lipinski definition) is 4. The summed E-state index contributed by atoms with van der Waals surface area (Å²) in [5.74, 6) is 4.34. The molecule has 2 aliphatic rings. The van der Waals surface area contributed by atoms with E-state index in [0.717, 1.165) is 23.0 Å². The topological polar surface area (TPSA) is 36.9 Å². The minimum atomic E-state index is -1.34. The summed E-state index contributed by atoms with van der Waals surface area (Å²) in [6.07, 6.45) is 39.2. The number of fused-ring (bicyclic) bond motifs is 4. The van der Waals surface area contributed by atoms with Crippen LogP contribution in [0.3, 0.4) is 0 Å². The second-order valence-corrected chi connectivity index (χ2v) is 33.8. The third-order valence-corrected chi connectivity index (χ3v) is 23.0. The van der Waals surface area contributed by atoms with E-state index in [-0.39, 0.29) is 30.3 Å². The van der Waals surface area contributed by atoms with Crippen molar-refractivity contribution >= 4 is 59.7 Å². The fourth-order valence-corrected chi connectivity index (χ4v) is 16.0. The molecule has 0 fully saturated rings. The largest absolute Gasteiger partial charge is 0.397 e. The first-order valence-corrected chi connectivity index (χ1v) is 32.1. The van der Waals surface area contributed by atoms with E-state index in [1.165, 1.54) is 179 Å². The average molecular weight is 1020 g/mol. The van der Waals surface area contributed by atoms with Crippen LogP contribution in [0, 0.1) is 0 Å². The van der Waals surface area contributed by atoms with Gasteiger partial charge in [0.15, 0.2) is 53.3 Å². The Kier molecular flexibility index (Phi) is 26.3. The molecule has 0 saturated heterocycles. The standard InChI is InChI=1S/2C28H56B2O2P2/c2*1-27(2,3)33(29)22-17-15-13-11-9-7-8-10-12-14-16-18-23-34(30,28(4,5)6)32-26-21-19-20-25(24-26)31-33/h2*19-21,24H,7-18,22-23H2,1-6,29-30H3. The van der Waals surface area contributed by atoms with Gasteiger partial charge in [-0.15, -0.1) is 0 Å². The maximum absolute atomic E-state index is 7.03. The Morgan fingerprint density at radius 3 is 0.574 bits per heavy atom. The zero-order chi connectivity index (χ0) is 50.6. The van der Waals surface area contributed by atoms with Crippen LogP contribution in [0.25, 0.3) is 0 Å².